The van der Waals surface area contributed by atoms with E-state index in [1.54, 1.807) is 26.0 Å². The molecule has 1 aliphatic heterocycles. The van der Waals surface area contributed by atoms with Crippen molar-refractivity contribution in [1.82, 2.24) is 9.97 Å². The minimum atomic E-state index is -0.588. The van der Waals surface area contributed by atoms with Gasteiger partial charge in [-0.25, -0.2) is 4.98 Å². The van der Waals surface area contributed by atoms with Crippen molar-refractivity contribution >= 4 is 23.4 Å². The summed E-state index contributed by atoms with van der Waals surface area (Å²) in [6, 6.07) is 5.47. The highest BCUT2D eigenvalue weighted by atomic mass is 32.2. The summed E-state index contributed by atoms with van der Waals surface area (Å²) < 4.78 is 11.1. The molecule has 7 nitrogen and oxygen atoms in total. The topological polar surface area (TPSA) is 93.3 Å². The molecule has 4 rings (SSSR count). The van der Waals surface area contributed by atoms with Gasteiger partial charge in [-0.2, -0.15) is 0 Å². The number of allylic oxidation sites excluding steroid dienone is 2. The molecule has 0 amide bonds. The fourth-order valence-corrected chi connectivity index (χ4v) is 5.72. The minimum Gasteiger partial charge on any atom is -0.497 e. The van der Waals surface area contributed by atoms with Gasteiger partial charge in [0.2, 0.25) is 0 Å². The van der Waals surface area contributed by atoms with Crippen molar-refractivity contribution in [3.8, 4) is 11.5 Å². The number of benzene rings is 1. The molecule has 0 saturated heterocycles. The third-order valence-corrected chi connectivity index (χ3v) is 7.39. The molecule has 2 N–H and O–H groups in total. The van der Waals surface area contributed by atoms with Crippen molar-refractivity contribution in [3.05, 3.63) is 50.9 Å². The average molecular weight is 484 g/mol. The molecule has 0 spiro atoms. The molecule has 0 fully saturated rings. The van der Waals surface area contributed by atoms with Crippen LogP contribution in [0.3, 0.4) is 0 Å². The number of anilines is 1. The van der Waals surface area contributed by atoms with E-state index in [1.807, 2.05) is 18.2 Å². The van der Waals surface area contributed by atoms with Gasteiger partial charge in [0.05, 0.1) is 25.7 Å². The molecular formula is C26H33N3O4S. The van der Waals surface area contributed by atoms with E-state index in [1.165, 1.54) is 0 Å². The standard InChI is InChI=1S/C26H33N3O4S/c1-6-7-8-11-34-25-28-23-22(24(31)29-25)20(16-12-15(32-4)9-10-19(16)33-5)21-17(27-23)13-26(2,3)14-18(21)30/h9-10,12,20H,6-8,11,13-14H2,1-5H3,(H2,27,28,29,31). The minimum absolute atomic E-state index is 0.0386. The van der Waals surface area contributed by atoms with Gasteiger partial charge in [-0.1, -0.05) is 45.4 Å². The second-order valence-electron chi connectivity index (χ2n) is 9.69. The molecule has 1 aromatic carbocycles. The van der Waals surface area contributed by atoms with Crippen LogP contribution in [0.2, 0.25) is 0 Å². The lowest BCUT2D eigenvalue weighted by Gasteiger charge is -2.38. The third kappa shape index (κ3) is 4.73. The van der Waals surface area contributed by atoms with Crippen molar-refractivity contribution in [2.24, 2.45) is 5.41 Å². The summed E-state index contributed by atoms with van der Waals surface area (Å²) >= 11 is 1.55. The SMILES string of the molecule is CCCCCSc1nc2c(c(=O)[nH]1)C(c1cc(OC)ccc1OC)C1=C(CC(C)(C)CC1=O)N2. The summed E-state index contributed by atoms with van der Waals surface area (Å²) in [5.41, 5.74) is 2.20. The molecule has 182 valence electrons. The van der Waals surface area contributed by atoms with Crippen LogP contribution in [0.25, 0.3) is 0 Å². The molecule has 0 saturated carbocycles. The Hall–Kier alpha value is -2.74. The number of unbranched alkanes of at least 4 members (excludes halogenated alkanes) is 2. The Kier molecular flexibility index (Phi) is 7.07. The monoisotopic (exact) mass is 483 g/mol. The number of nitrogens with zero attached hydrogens (tertiary/aromatic N) is 1. The number of aromatic nitrogens is 2. The van der Waals surface area contributed by atoms with Crippen LogP contribution in [-0.2, 0) is 4.79 Å². The molecule has 1 atom stereocenters. The van der Waals surface area contributed by atoms with E-state index in [4.69, 9.17) is 14.5 Å². The second kappa shape index (κ2) is 9.86. The highest BCUT2D eigenvalue weighted by Gasteiger charge is 2.43. The third-order valence-electron chi connectivity index (χ3n) is 6.43. The lowest BCUT2D eigenvalue weighted by molar-refractivity contribution is -0.118. The molecule has 34 heavy (non-hydrogen) atoms. The summed E-state index contributed by atoms with van der Waals surface area (Å²) in [5, 5.41) is 3.97. The number of ether oxygens (including phenoxy) is 2. The highest BCUT2D eigenvalue weighted by Crippen LogP contribution is 2.49. The van der Waals surface area contributed by atoms with Gasteiger partial charge in [0.15, 0.2) is 10.9 Å². The van der Waals surface area contributed by atoms with Crippen molar-refractivity contribution in [3.63, 3.8) is 0 Å². The van der Waals surface area contributed by atoms with Crippen LogP contribution in [0, 0.1) is 5.41 Å². The molecule has 1 unspecified atom stereocenters. The van der Waals surface area contributed by atoms with E-state index in [0.29, 0.717) is 46.5 Å². The number of H-pyrrole nitrogens is 1. The number of thioether (sulfide) groups is 1. The molecular weight excluding hydrogens is 450 g/mol. The summed E-state index contributed by atoms with van der Waals surface area (Å²) in [6.07, 6.45) is 4.47. The number of nitrogens with one attached hydrogen (secondary N) is 2. The largest absolute Gasteiger partial charge is 0.497 e. The Morgan fingerprint density at radius 3 is 2.65 bits per heavy atom. The Morgan fingerprint density at radius 2 is 1.94 bits per heavy atom. The number of ketones is 1. The molecule has 1 aromatic heterocycles. The summed E-state index contributed by atoms with van der Waals surface area (Å²) in [5.74, 6) is 2.09. The zero-order chi connectivity index (χ0) is 24.5. The quantitative estimate of drug-likeness (QED) is 0.300. The maximum Gasteiger partial charge on any atom is 0.257 e. The lowest BCUT2D eigenvalue weighted by atomic mass is 9.69. The molecule has 0 radical (unpaired) electrons. The van der Waals surface area contributed by atoms with Crippen molar-refractivity contribution in [1.29, 1.82) is 0 Å². The summed E-state index contributed by atoms with van der Waals surface area (Å²) in [6.45, 7) is 6.35. The Labute approximate surface area is 204 Å². The predicted octanol–water partition coefficient (Wildman–Crippen LogP) is 5.27. The van der Waals surface area contributed by atoms with E-state index in [0.717, 1.165) is 36.3 Å². The van der Waals surface area contributed by atoms with E-state index in [-0.39, 0.29) is 16.8 Å². The number of rotatable bonds is 8. The van der Waals surface area contributed by atoms with Gasteiger partial charge in [0.25, 0.3) is 5.56 Å². The van der Waals surface area contributed by atoms with Crippen LogP contribution in [0.15, 0.2) is 39.4 Å². The Bertz CT molecular complexity index is 1190. The van der Waals surface area contributed by atoms with Gasteiger partial charge in [0.1, 0.15) is 17.3 Å². The van der Waals surface area contributed by atoms with Crippen LogP contribution in [-0.4, -0.2) is 35.7 Å². The number of hydrogen-bond donors (Lipinski definition) is 2. The molecule has 0 bridgehead atoms. The van der Waals surface area contributed by atoms with Gasteiger partial charge in [-0.05, 0) is 36.5 Å². The van der Waals surface area contributed by atoms with Crippen LogP contribution < -0.4 is 20.3 Å². The maximum atomic E-state index is 13.5. The van der Waals surface area contributed by atoms with Gasteiger partial charge < -0.3 is 19.8 Å². The van der Waals surface area contributed by atoms with Gasteiger partial charge in [-0.15, -0.1) is 0 Å². The first kappa shape index (κ1) is 24.4. The number of hydrogen-bond acceptors (Lipinski definition) is 7. The fraction of sp³-hybridized carbons (Fsp3) is 0.500. The van der Waals surface area contributed by atoms with Crippen LogP contribution in [0.5, 0.6) is 11.5 Å². The number of Topliss-reactive ketones (excluding diaryl/α,β-unsaturated/α-hetero) is 1. The van der Waals surface area contributed by atoms with E-state index in [9.17, 15) is 9.59 Å². The number of fused-ring (bicyclic) bond motifs is 1. The van der Waals surface area contributed by atoms with Gasteiger partial charge in [-0.3, -0.25) is 9.59 Å². The molecule has 1 aliphatic carbocycles. The van der Waals surface area contributed by atoms with Crippen LogP contribution in [0.4, 0.5) is 5.82 Å². The molecule has 2 heterocycles. The normalized spacial score (nSPS) is 18.7. The molecule has 8 heteroatoms. The Balaban J connectivity index is 1.88. The summed E-state index contributed by atoms with van der Waals surface area (Å²) in [7, 11) is 3.18. The average Bonchev–Trinajstić information content (AvgIpc) is 2.79. The van der Waals surface area contributed by atoms with Crippen LogP contribution in [0.1, 0.15) is 69.9 Å². The van der Waals surface area contributed by atoms with Gasteiger partial charge in [0, 0.05) is 29.0 Å². The first-order valence-corrected chi connectivity index (χ1v) is 12.8. The lowest BCUT2D eigenvalue weighted by Crippen LogP contribution is -2.37. The maximum absolute atomic E-state index is 13.5. The predicted molar refractivity (Wildman–Crippen MR) is 135 cm³/mol. The highest BCUT2D eigenvalue weighted by molar-refractivity contribution is 7.99. The zero-order valence-electron chi connectivity index (χ0n) is 20.5. The smallest absolute Gasteiger partial charge is 0.257 e. The van der Waals surface area contributed by atoms with E-state index in [2.05, 4.69) is 31.1 Å². The van der Waals surface area contributed by atoms with Crippen LogP contribution >= 0.6 is 11.8 Å². The zero-order valence-corrected chi connectivity index (χ0v) is 21.4. The second-order valence-corrected chi connectivity index (χ2v) is 10.8. The van der Waals surface area contributed by atoms with E-state index < -0.39 is 5.92 Å². The molecule has 2 aliphatic rings. The van der Waals surface area contributed by atoms with Crippen molar-refractivity contribution in [2.45, 2.75) is 63.9 Å². The number of methoxy groups -OCH3 is 2. The van der Waals surface area contributed by atoms with Crippen molar-refractivity contribution < 1.29 is 14.3 Å². The Morgan fingerprint density at radius 1 is 1.15 bits per heavy atom. The number of carbonyl (C=O) groups excluding carboxylic acids is 1. The fourth-order valence-electron chi connectivity index (χ4n) is 4.86. The summed E-state index contributed by atoms with van der Waals surface area (Å²) in [4.78, 5) is 34.7. The van der Waals surface area contributed by atoms with E-state index >= 15 is 0 Å². The first-order chi connectivity index (χ1) is 16.3. The first-order valence-electron chi connectivity index (χ1n) is 11.8. The van der Waals surface area contributed by atoms with Gasteiger partial charge >= 0.3 is 0 Å². The van der Waals surface area contributed by atoms with Crippen molar-refractivity contribution in [2.75, 3.05) is 25.3 Å². The number of aromatic amines is 1. The molecule has 2 aromatic rings. The number of carbonyl (C=O) groups is 1.